The fourth-order valence-corrected chi connectivity index (χ4v) is 1.22. The van der Waals surface area contributed by atoms with E-state index in [0.29, 0.717) is 0 Å². The fraction of sp³-hybridized carbons (Fsp3) is 0.400. The van der Waals surface area contributed by atoms with Crippen molar-refractivity contribution in [2.45, 2.75) is 20.5 Å². The highest BCUT2D eigenvalue weighted by atomic mass is 16.5. The maximum Gasteiger partial charge on any atom is 0.0718 e. The van der Waals surface area contributed by atoms with Crippen LogP contribution in [0.25, 0.3) is 0 Å². The first kappa shape index (κ1) is 8.28. The predicted octanol–water partition coefficient (Wildman–Crippen LogP) is 2.45. The van der Waals surface area contributed by atoms with E-state index < -0.39 is 0 Å². The quantitative estimate of drug-likeness (QED) is 0.629. The molecule has 0 aliphatic heterocycles. The summed E-state index contributed by atoms with van der Waals surface area (Å²) in [6.07, 6.45) is 0. The zero-order valence-corrected chi connectivity index (χ0v) is 7.35. The Balaban J connectivity index is 3.00. The molecule has 0 atom stereocenters. The summed E-state index contributed by atoms with van der Waals surface area (Å²) in [5.41, 5.74) is 3.94. The van der Waals surface area contributed by atoms with Crippen molar-refractivity contribution in [3.8, 4) is 0 Å². The summed E-state index contributed by atoms with van der Waals surface area (Å²) >= 11 is 0. The Kier molecular flexibility index (Phi) is 2.66. The van der Waals surface area contributed by atoms with Gasteiger partial charge >= 0.3 is 0 Å². The van der Waals surface area contributed by atoms with E-state index in [1.807, 2.05) is 0 Å². The number of hydrogen-bond donors (Lipinski definition) is 0. The molecule has 0 aliphatic rings. The molecule has 1 nitrogen and oxygen atoms in total. The third kappa shape index (κ3) is 1.81. The highest BCUT2D eigenvalue weighted by Crippen LogP contribution is 2.13. The minimum absolute atomic E-state index is 0.721. The Labute approximate surface area is 68.0 Å². The van der Waals surface area contributed by atoms with Crippen LogP contribution in [0.1, 0.15) is 16.7 Å². The topological polar surface area (TPSA) is 9.23 Å². The summed E-state index contributed by atoms with van der Waals surface area (Å²) < 4.78 is 5.09. The number of benzene rings is 1. The lowest BCUT2D eigenvalue weighted by Crippen LogP contribution is -1.94. The molecule has 0 bridgehead atoms. The van der Waals surface area contributed by atoms with Crippen LogP contribution in [0.2, 0.25) is 0 Å². The number of aryl methyl sites for hydroxylation is 2. The van der Waals surface area contributed by atoms with Crippen LogP contribution in [-0.4, -0.2) is 7.11 Å². The Morgan fingerprint density at radius 1 is 1.18 bits per heavy atom. The molecule has 1 aromatic rings. The monoisotopic (exact) mass is 150 g/mol. The van der Waals surface area contributed by atoms with Crippen LogP contribution in [0.3, 0.4) is 0 Å². The number of hydrogen-bond acceptors (Lipinski definition) is 1. The molecule has 0 saturated heterocycles. The van der Waals surface area contributed by atoms with E-state index in [9.17, 15) is 0 Å². The van der Waals surface area contributed by atoms with Crippen LogP contribution in [0, 0.1) is 13.8 Å². The van der Waals surface area contributed by atoms with Crippen molar-refractivity contribution in [3.63, 3.8) is 0 Å². The third-order valence-corrected chi connectivity index (χ3v) is 1.93. The molecule has 0 spiro atoms. The Hall–Kier alpha value is -0.820. The van der Waals surface area contributed by atoms with E-state index in [4.69, 9.17) is 4.74 Å². The van der Waals surface area contributed by atoms with Crippen molar-refractivity contribution in [3.05, 3.63) is 34.9 Å². The van der Waals surface area contributed by atoms with Gasteiger partial charge in [-0.05, 0) is 30.5 Å². The lowest BCUT2D eigenvalue weighted by molar-refractivity contribution is 0.184. The zero-order valence-electron chi connectivity index (χ0n) is 7.35. The maximum atomic E-state index is 5.09. The van der Waals surface area contributed by atoms with Gasteiger partial charge in [-0.25, -0.2) is 0 Å². The second kappa shape index (κ2) is 3.54. The average Bonchev–Trinajstić information content (AvgIpc) is 1.97. The van der Waals surface area contributed by atoms with Crippen LogP contribution >= 0.6 is 0 Å². The number of ether oxygens (including phenoxy) is 1. The smallest absolute Gasteiger partial charge is 0.0718 e. The number of methoxy groups -OCH3 is 1. The fourth-order valence-electron chi connectivity index (χ4n) is 1.22. The molecule has 60 valence electrons. The molecule has 0 unspecified atom stereocenters. The van der Waals surface area contributed by atoms with E-state index in [2.05, 4.69) is 32.0 Å². The average molecular weight is 150 g/mol. The van der Waals surface area contributed by atoms with Crippen molar-refractivity contribution in [2.75, 3.05) is 7.11 Å². The second-order valence-electron chi connectivity index (χ2n) is 2.80. The molecular weight excluding hydrogens is 136 g/mol. The van der Waals surface area contributed by atoms with Gasteiger partial charge in [-0.2, -0.15) is 0 Å². The van der Waals surface area contributed by atoms with Gasteiger partial charge in [0.25, 0.3) is 0 Å². The van der Waals surface area contributed by atoms with Gasteiger partial charge in [0.05, 0.1) is 6.61 Å². The molecule has 0 heterocycles. The van der Waals surface area contributed by atoms with E-state index >= 15 is 0 Å². The van der Waals surface area contributed by atoms with Crippen molar-refractivity contribution in [1.29, 1.82) is 0 Å². The lowest BCUT2D eigenvalue weighted by Gasteiger charge is -2.07. The first-order valence-electron chi connectivity index (χ1n) is 3.79. The van der Waals surface area contributed by atoms with Gasteiger partial charge in [0, 0.05) is 7.11 Å². The molecule has 1 aromatic carbocycles. The molecule has 0 N–H and O–H groups in total. The second-order valence-corrected chi connectivity index (χ2v) is 2.80. The molecule has 0 aromatic heterocycles. The molecule has 0 saturated carbocycles. The molecule has 11 heavy (non-hydrogen) atoms. The van der Waals surface area contributed by atoms with Gasteiger partial charge in [-0.15, -0.1) is 0 Å². The van der Waals surface area contributed by atoms with Crippen molar-refractivity contribution < 1.29 is 4.74 Å². The lowest BCUT2D eigenvalue weighted by atomic mass is 10.0. The summed E-state index contributed by atoms with van der Waals surface area (Å²) in [5.74, 6) is 0. The summed E-state index contributed by atoms with van der Waals surface area (Å²) in [4.78, 5) is 0. The molecule has 0 amide bonds. The van der Waals surface area contributed by atoms with Crippen LogP contribution in [0.15, 0.2) is 18.2 Å². The van der Waals surface area contributed by atoms with Gasteiger partial charge in [0.1, 0.15) is 0 Å². The van der Waals surface area contributed by atoms with E-state index in [0.717, 1.165) is 6.61 Å². The predicted molar refractivity (Wildman–Crippen MR) is 46.6 cm³/mol. The largest absolute Gasteiger partial charge is 0.380 e. The van der Waals surface area contributed by atoms with Gasteiger partial charge < -0.3 is 4.74 Å². The van der Waals surface area contributed by atoms with E-state index in [-0.39, 0.29) is 0 Å². The Morgan fingerprint density at radius 2 is 1.73 bits per heavy atom. The van der Waals surface area contributed by atoms with Gasteiger partial charge in [-0.3, -0.25) is 0 Å². The van der Waals surface area contributed by atoms with Gasteiger partial charge in [0.15, 0.2) is 0 Å². The van der Waals surface area contributed by atoms with Gasteiger partial charge in [0.2, 0.25) is 0 Å². The zero-order chi connectivity index (χ0) is 8.27. The van der Waals surface area contributed by atoms with Crippen LogP contribution in [0.4, 0.5) is 0 Å². The Bertz CT molecular complexity index is 220. The van der Waals surface area contributed by atoms with Crippen LogP contribution < -0.4 is 0 Å². The summed E-state index contributed by atoms with van der Waals surface area (Å²) in [7, 11) is 1.73. The molecule has 0 aliphatic carbocycles. The van der Waals surface area contributed by atoms with Crippen LogP contribution in [0.5, 0.6) is 0 Å². The van der Waals surface area contributed by atoms with Crippen LogP contribution in [-0.2, 0) is 11.3 Å². The first-order chi connectivity index (χ1) is 5.25. The van der Waals surface area contributed by atoms with E-state index in [1.165, 1.54) is 16.7 Å². The summed E-state index contributed by atoms with van der Waals surface area (Å²) in [6.45, 7) is 4.95. The molecule has 1 heteroatoms. The van der Waals surface area contributed by atoms with E-state index in [1.54, 1.807) is 7.11 Å². The van der Waals surface area contributed by atoms with Crippen molar-refractivity contribution >= 4 is 0 Å². The normalized spacial score (nSPS) is 10.1. The standard InChI is InChI=1S/C10H14O/c1-8-5-4-6-9(2)10(8)7-11-3/h4-6H,7H2,1-3H3. The third-order valence-electron chi connectivity index (χ3n) is 1.93. The van der Waals surface area contributed by atoms with Gasteiger partial charge in [-0.1, -0.05) is 18.2 Å². The molecule has 0 fully saturated rings. The molecule has 1 rings (SSSR count). The minimum atomic E-state index is 0.721. The summed E-state index contributed by atoms with van der Waals surface area (Å²) in [6, 6.07) is 6.30. The maximum absolute atomic E-state index is 5.09. The highest BCUT2D eigenvalue weighted by Gasteiger charge is 1.99. The SMILES string of the molecule is COCc1c(C)cccc1C. The molecule has 0 radical (unpaired) electrons. The minimum Gasteiger partial charge on any atom is -0.380 e. The first-order valence-corrected chi connectivity index (χ1v) is 3.79. The summed E-state index contributed by atoms with van der Waals surface area (Å²) in [5, 5.41) is 0. The number of rotatable bonds is 2. The highest BCUT2D eigenvalue weighted by molar-refractivity contribution is 5.32. The van der Waals surface area contributed by atoms with Crippen molar-refractivity contribution in [2.24, 2.45) is 0 Å². The molecular formula is C10H14O. The van der Waals surface area contributed by atoms with Crippen molar-refractivity contribution in [1.82, 2.24) is 0 Å². The Morgan fingerprint density at radius 3 is 2.18 bits per heavy atom.